The molecule has 3 heteroatoms. The zero-order valence-corrected chi connectivity index (χ0v) is 16.8. The summed E-state index contributed by atoms with van der Waals surface area (Å²) in [6.07, 6.45) is 2.00. The predicted octanol–water partition coefficient (Wildman–Crippen LogP) is 6.07. The van der Waals surface area contributed by atoms with Crippen molar-refractivity contribution < 1.29 is 0 Å². The topological polar surface area (TPSA) is 23.8 Å². The molecule has 132 valence electrons. The molecular weight excluding hydrogens is 353 g/mol. The maximum absolute atomic E-state index is 9.17. The Morgan fingerprint density at radius 1 is 0.731 bits per heavy atom. The second-order valence-corrected chi connectivity index (χ2v) is 9.86. The first kappa shape index (κ1) is 18.7. The van der Waals surface area contributed by atoms with Gasteiger partial charge in [0.25, 0.3) is 0 Å². The second kappa shape index (κ2) is 9.04. The number of hydrogen-bond donors (Lipinski definition) is 1. The van der Waals surface area contributed by atoms with Gasteiger partial charge in [-0.25, -0.2) is 0 Å². The fourth-order valence-corrected chi connectivity index (χ4v) is 4.81. The van der Waals surface area contributed by atoms with Crippen molar-refractivity contribution >= 4 is 19.0 Å². The third kappa shape index (κ3) is 4.01. The summed E-state index contributed by atoms with van der Waals surface area (Å²) >= 11 is 0. The first-order chi connectivity index (χ1) is 12.8. The zero-order chi connectivity index (χ0) is 18.2. The number of hydrogen-bond acceptors (Lipinski definition) is 1. The molecule has 0 aliphatic carbocycles. The Hall–Kier alpha value is -2.07. The second-order valence-electron chi connectivity index (χ2n) is 6.40. The number of thiol groups is 1. The molecule has 3 aromatic carbocycles. The van der Waals surface area contributed by atoms with E-state index in [1.807, 2.05) is 0 Å². The molecule has 1 nitrogen and oxygen atoms in total. The maximum atomic E-state index is 9.17. The third-order valence-corrected chi connectivity index (χ3v) is 7.05. The minimum Gasteiger partial charge on any atom is -0.187 e. The Kier molecular flexibility index (Phi) is 6.51. The van der Waals surface area contributed by atoms with Crippen molar-refractivity contribution in [2.75, 3.05) is 5.75 Å². The van der Waals surface area contributed by atoms with Crippen molar-refractivity contribution in [3.63, 3.8) is 0 Å². The van der Waals surface area contributed by atoms with Crippen LogP contribution in [-0.4, -0.2) is 5.75 Å². The van der Waals surface area contributed by atoms with E-state index < -0.39 is 10.5 Å². The van der Waals surface area contributed by atoms with Crippen LogP contribution in [0.2, 0.25) is 0 Å². The van der Waals surface area contributed by atoms with Gasteiger partial charge >= 0.3 is 0 Å². The van der Waals surface area contributed by atoms with Gasteiger partial charge in [0.2, 0.25) is 0 Å². The molecule has 0 aliphatic rings. The van der Waals surface area contributed by atoms with Gasteiger partial charge in [-0.2, -0.15) is 5.26 Å². The number of thiocyanates is 1. The third-order valence-electron chi connectivity index (χ3n) is 4.88. The van der Waals surface area contributed by atoms with E-state index in [-0.39, 0.29) is 5.41 Å². The largest absolute Gasteiger partial charge is 0.187 e. The van der Waals surface area contributed by atoms with Gasteiger partial charge in [0.15, 0.2) is 0 Å². The molecule has 0 spiro atoms. The van der Waals surface area contributed by atoms with Gasteiger partial charge in [-0.1, -0.05) is 99.4 Å². The summed E-state index contributed by atoms with van der Waals surface area (Å²) in [6, 6.07) is 32.3. The highest BCUT2D eigenvalue weighted by atomic mass is 32.7. The zero-order valence-electron chi connectivity index (χ0n) is 14.8. The Morgan fingerprint density at radius 3 is 1.46 bits per heavy atom. The number of benzene rings is 3. The monoisotopic (exact) mass is 377 g/mol. The van der Waals surface area contributed by atoms with Crippen LogP contribution in [0.1, 0.15) is 29.5 Å². The van der Waals surface area contributed by atoms with E-state index in [0.717, 1.165) is 18.6 Å². The summed E-state index contributed by atoms with van der Waals surface area (Å²) in [7, 11) is 2.10. The highest BCUT2D eigenvalue weighted by Gasteiger charge is 2.35. The Labute approximate surface area is 161 Å². The van der Waals surface area contributed by atoms with Crippen LogP contribution in [0.4, 0.5) is 0 Å². The quantitative estimate of drug-likeness (QED) is 0.230. The van der Waals surface area contributed by atoms with E-state index in [9.17, 15) is 5.26 Å². The van der Waals surface area contributed by atoms with E-state index in [1.54, 1.807) is 0 Å². The molecule has 0 aromatic heterocycles. The fourth-order valence-electron chi connectivity index (χ4n) is 3.67. The first-order valence-corrected chi connectivity index (χ1v) is 12.0. The molecule has 0 heterocycles. The van der Waals surface area contributed by atoms with Crippen LogP contribution >= 0.6 is 19.0 Å². The summed E-state index contributed by atoms with van der Waals surface area (Å²) in [5.74, 6) is 0.949. The molecule has 3 aromatic rings. The van der Waals surface area contributed by atoms with Crippen LogP contribution in [0.15, 0.2) is 91.0 Å². The van der Waals surface area contributed by atoms with Crippen molar-refractivity contribution in [2.45, 2.75) is 18.3 Å². The molecular formula is C23H24NPS. The van der Waals surface area contributed by atoms with Gasteiger partial charge in [-0.05, 0) is 35.3 Å². The van der Waals surface area contributed by atoms with E-state index in [2.05, 4.69) is 105 Å². The molecule has 0 aliphatic heterocycles. The van der Waals surface area contributed by atoms with E-state index in [4.69, 9.17) is 0 Å². The van der Waals surface area contributed by atoms with Gasteiger partial charge in [0, 0.05) is 5.41 Å². The predicted molar refractivity (Wildman–Crippen MR) is 118 cm³/mol. The van der Waals surface area contributed by atoms with Gasteiger partial charge in [0.1, 0.15) is 5.40 Å². The van der Waals surface area contributed by atoms with Gasteiger partial charge in [0.05, 0.1) is 0 Å². The lowest BCUT2D eigenvalue weighted by Gasteiger charge is -2.36. The van der Waals surface area contributed by atoms with Gasteiger partial charge in [-0.15, -0.1) is 10.5 Å². The Balaban J connectivity index is 2.13. The van der Waals surface area contributed by atoms with Crippen LogP contribution in [0.3, 0.4) is 0 Å². The standard InChI is InChI=1S/C23H24NPS/c24-19-26(25)18-10-17-23(20-11-4-1-5-12-20,21-13-6-2-7-14-21)22-15-8-3-9-16-22/h1-9,11-16,26H,10,17-18,25H2. The summed E-state index contributed by atoms with van der Waals surface area (Å²) in [5, 5.41) is 11.6. The molecule has 0 N–H and O–H groups in total. The van der Waals surface area contributed by atoms with Crippen LogP contribution in [0, 0.1) is 10.7 Å². The van der Waals surface area contributed by atoms with Crippen molar-refractivity contribution in [2.24, 2.45) is 0 Å². The molecule has 0 fully saturated rings. The molecule has 2 unspecified atom stereocenters. The minimum atomic E-state index is -0.616. The summed E-state index contributed by atoms with van der Waals surface area (Å²) in [5.41, 5.74) is 3.73. The lowest BCUT2D eigenvalue weighted by atomic mass is 9.67. The molecule has 0 bridgehead atoms. The maximum Gasteiger partial charge on any atom is 0.114 e. The van der Waals surface area contributed by atoms with Crippen molar-refractivity contribution in [3.8, 4) is 5.40 Å². The molecule has 2 atom stereocenters. The van der Waals surface area contributed by atoms with Crippen LogP contribution < -0.4 is 0 Å². The normalized spacial score (nSPS) is 13.0. The van der Waals surface area contributed by atoms with Crippen LogP contribution in [-0.2, 0) is 5.41 Å². The molecule has 3 rings (SSSR count). The van der Waals surface area contributed by atoms with Crippen molar-refractivity contribution in [3.05, 3.63) is 108 Å². The van der Waals surface area contributed by atoms with E-state index in [1.165, 1.54) is 16.7 Å². The number of nitrogens with zero attached hydrogens (tertiary/aromatic N) is 1. The lowest BCUT2D eigenvalue weighted by molar-refractivity contribution is 0.553. The van der Waals surface area contributed by atoms with Crippen LogP contribution in [0.25, 0.3) is 0 Å². The number of nitriles is 1. The summed E-state index contributed by atoms with van der Waals surface area (Å²) < 4.78 is 0. The average molecular weight is 377 g/mol. The van der Waals surface area contributed by atoms with E-state index in [0.29, 0.717) is 0 Å². The Morgan fingerprint density at radius 2 is 1.12 bits per heavy atom. The lowest BCUT2D eigenvalue weighted by Crippen LogP contribution is -2.29. The summed E-state index contributed by atoms with van der Waals surface area (Å²) in [6.45, 7) is 0. The highest BCUT2D eigenvalue weighted by Crippen LogP contribution is 2.44. The molecule has 0 amide bonds. The average Bonchev–Trinajstić information content (AvgIpc) is 2.73. The first-order valence-electron chi connectivity index (χ1n) is 8.86. The number of rotatable bonds is 7. The van der Waals surface area contributed by atoms with Gasteiger partial charge in [-0.3, -0.25) is 0 Å². The molecule has 0 radical (unpaired) electrons. The van der Waals surface area contributed by atoms with Crippen molar-refractivity contribution in [1.29, 1.82) is 5.26 Å². The van der Waals surface area contributed by atoms with Crippen molar-refractivity contribution in [1.82, 2.24) is 0 Å². The van der Waals surface area contributed by atoms with Gasteiger partial charge < -0.3 is 0 Å². The van der Waals surface area contributed by atoms with Crippen LogP contribution in [0.5, 0.6) is 0 Å². The minimum absolute atomic E-state index is 0.194. The SMILES string of the molecule is N#C[SH](P)CCCC(c1ccccc1)(c1ccccc1)c1ccccc1. The molecule has 0 saturated heterocycles. The fraction of sp³-hybridized carbons (Fsp3) is 0.174. The summed E-state index contributed by atoms with van der Waals surface area (Å²) in [4.78, 5) is 0. The van der Waals surface area contributed by atoms with E-state index >= 15 is 0 Å². The molecule has 0 saturated carbocycles. The highest BCUT2D eigenvalue weighted by molar-refractivity contribution is 8.58. The molecule has 26 heavy (non-hydrogen) atoms. The Bertz CT molecular complexity index is 747. The smallest absolute Gasteiger partial charge is 0.114 e.